The van der Waals surface area contributed by atoms with E-state index in [9.17, 15) is 9.18 Å². The van der Waals surface area contributed by atoms with Crippen LogP contribution in [0.2, 0.25) is 10.0 Å². The molecule has 1 heterocycles. The summed E-state index contributed by atoms with van der Waals surface area (Å²) in [5.41, 5.74) is 1.14. The molecule has 0 bridgehead atoms. The van der Waals surface area contributed by atoms with E-state index in [4.69, 9.17) is 23.2 Å². The number of carbonyl (C=O) groups excluding carboxylic acids is 1. The van der Waals surface area contributed by atoms with E-state index < -0.39 is 5.82 Å². The fourth-order valence-corrected chi connectivity index (χ4v) is 3.48. The highest BCUT2D eigenvalue weighted by atomic mass is 35.5. The van der Waals surface area contributed by atoms with Gasteiger partial charge in [0.25, 0.3) is 0 Å². The molecule has 1 N–H and O–H groups in total. The number of hydrogen-bond acceptors (Lipinski definition) is 3. The van der Waals surface area contributed by atoms with E-state index in [1.165, 1.54) is 6.07 Å². The number of halogens is 3. The maximum absolute atomic E-state index is 13.6. The average molecular weight is 396 g/mol. The van der Waals surface area contributed by atoms with Crippen LogP contribution in [0.4, 0.5) is 10.1 Å². The average Bonchev–Trinajstić information content (AvgIpc) is 2.62. The van der Waals surface area contributed by atoms with Crippen molar-refractivity contribution >= 4 is 34.8 Å². The first-order chi connectivity index (χ1) is 12.5. The SMILES string of the molecule is O=C(CN1CCN(Cc2c(Cl)cccc2Cl)CC1)Nc1ccccc1F. The van der Waals surface area contributed by atoms with Crippen molar-refractivity contribution in [3.63, 3.8) is 0 Å². The van der Waals surface area contributed by atoms with E-state index in [1.54, 1.807) is 18.2 Å². The van der Waals surface area contributed by atoms with Crippen LogP contribution in [0.3, 0.4) is 0 Å². The number of hydrogen-bond donors (Lipinski definition) is 1. The number of benzene rings is 2. The minimum Gasteiger partial charge on any atom is -0.322 e. The molecule has 1 amide bonds. The lowest BCUT2D eigenvalue weighted by atomic mass is 10.2. The van der Waals surface area contributed by atoms with Gasteiger partial charge in [0, 0.05) is 48.3 Å². The number of rotatable bonds is 5. The van der Waals surface area contributed by atoms with E-state index in [0.717, 1.165) is 31.7 Å². The standard InChI is InChI=1S/C19H20Cl2FN3O/c20-15-4-3-5-16(21)14(15)12-24-8-10-25(11-9-24)13-19(26)23-18-7-2-1-6-17(18)22/h1-7H,8-13H2,(H,23,26). The van der Waals surface area contributed by atoms with Crippen LogP contribution in [0, 0.1) is 5.82 Å². The first-order valence-corrected chi connectivity index (χ1v) is 9.20. The van der Waals surface area contributed by atoms with Crippen LogP contribution in [0.15, 0.2) is 42.5 Å². The molecule has 2 aromatic rings. The van der Waals surface area contributed by atoms with Crippen LogP contribution < -0.4 is 5.32 Å². The first kappa shape index (κ1) is 19.1. The lowest BCUT2D eigenvalue weighted by Crippen LogP contribution is -2.48. The van der Waals surface area contributed by atoms with Crippen molar-refractivity contribution in [1.82, 2.24) is 9.80 Å². The van der Waals surface area contributed by atoms with Crippen molar-refractivity contribution in [3.05, 3.63) is 63.9 Å². The summed E-state index contributed by atoms with van der Waals surface area (Å²) in [6, 6.07) is 11.7. The largest absolute Gasteiger partial charge is 0.322 e. The molecule has 0 atom stereocenters. The highest BCUT2D eigenvalue weighted by Gasteiger charge is 2.20. The molecule has 4 nitrogen and oxygen atoms in total. The van der Waals surface area contributed by atoms with Crippen molar-refractivity contribution in [2.24, 2.45) is 0 Å². The van der Waals surface area contributed by atoms with Crippen LogP contribution >= 0.6 is 23.2 Å². The summed E-state index contributed by atoms with van der Waals surface area (Å²) in [4.78, 5) is 16.4. The Balaban J connectivity index is 1.48. The fourth-order valence-electron chi connectivity index (χ4n) is 2.97. The predicted octanol–water partition coefficient (Wildman–Crippen LogP) is 3.89. The molecule has 1 saturated heterocycles. The van der Waals surface area contributed by atoms with Crippen molar-refractivity contribution in [1.29, 1.82) is 0 Å². The molecule has 0 saturated carbocycles. The van der Waals surface area contributed by atoms with Gasteiger partial charge in [0.05, 0.1) is 12.2 Å². The van der Waals surface area contributed by atoms with Gasteiger partial charge in [0.1, 0.15) is 5.82 Å². The lowest BCUT2D eigenvalue weighted by molar-refractivity contribution is -0.117. The summed E-state index contributed by atoms with van der Waals surface area (Å²) in [5, 5.41) is 3.96. The Morgan fingerprint density at radius 3 is 2.23 bits per heavy atom. The molecular weight excluding hydrogens is 376 g/mol. The molecule has 138 valence electrons. The van der Waals surface area contributed by atoms with E-state index in [2.05, 4.69) is 15.1 Å². The summed E-state index contributed by atoms with van der Waals surface area (Å²) >= 11 is 12.5. The van der Waals surface area contributed by atoms with E-state index >= 15 is 0 Å². The van der Waals surface area contributed by atoms with Gasteiger partial charge < -0.3 is 5.32 Å². The summed E-state index contributed by atoms with van der Waals surface area (Å²) in [6.45, 7) is 4.07. The second kappa shape index (κ2) is 8.82. The zero-order valence-electron chi connectivity index (χ0n) is 14.2. The minimum atomic E-state index is -0.428. The topological polar surface area (TPSA) is 35.6 Å². The van der Waals surface area contributed by atoms with Crippen molar-refractivity contribution in [2.75, 3.05) is 38.0 Å². The Hall–Kier alpha value is -1.66. The van der Waals surface area contributed by atoms with Gasteiger partial charge in [-0.05, 0) is 24.3 Å². The van der Waals surface area contributed by atoms with Gasteiger partial charge in [0.15, 0.2) is 0 Å². The van der Waals surface area contributed by atoms with Crippen LogP contribution in [0.5, 0.6) is 0 Å². The molecule has 0 aliphatic carbocycles. The van der Waals surface area contributed by atoms with Gasteiger partial charge in [-0.1, -0.05) is 41.4 Å². The molecule has 3 rings (SSSR count). The molecule has 0 aromatic heterocycles. The van der Waals surface area contributed by atoms with E-state index in [-0.39, 0.29) is 18.1 Å². The maximum atomic E-state index is 13.6. The Labute approximate surface area is 162 Å². The van der Waals surface area contributed by atoms with Crippen LogP contribution in [0.25, 0.3) is 0 Å². The molecule has 0 spiro atoms. The summed E-state index contributed by atoms with van der Waals surface area (Å²) in [6.07, 6.45) is 0. The number of nitrogens with zero attached hydrogens (tertiary/aromatic N) is 2. The third-order valence-corrected chi connectivity index (χ3v) is 5.13. The van der Waals surface area contributed by atoms with Gasteiger partial charge in [-0.2, -0.15) is 0 Å². The fraction of sp³-hybridized carbons (Fsp3) is 0.316. The number of carbonyl (C=O) groups is 1. The number of amides is 1. The highest BCUT2D eigenvalue weighted by molar-refractivity contribution is 6.35. The van der Waals surface area contributed by atoms with Gasteiger partial charge >= 0.3 is 0 Å². The van der Waals surface area contributed by atoms with E-state index in [0.29, 0.717) is 16.6 Å². The third kappa shape index (κ3) is 4.95. The monoisotopic (exact) mass is 395 g/mol. The Bertz CT molecular complexity index is 759. The van der Waals surface area contributed by atoms with Gasteiger partial charge in [-0.25, -0.2) is 4.39 Å². The predicted molar refractivity (Wildman–Crippen MR) is 103 cm³/mol. The van der Waals surface area contributed by atoms with Crippen LogP contribution in [-0.2, 0) is 11.3 Å². The van der Waals surface area contributed by atoms with Crippen molar-refractivity contribution in [2.45, 2.75) is 6.54 Å². The number of anilines is 1. The molecule has 1 fully saturated rings. The quantitative estimate of drug-likeness (QED) is 0.833. The Morgan fingerprint density at radius 1 is 0.962 bits per heavy atom. The summed E-state index contributed by atoms with van der Waals surface area (Å²) in [5.74, 6) is -0.639. The molecule has 1 aliphatic heterocycles. The van der Waals surface area contributed by atoms with Crippen molar-refractivity contribution < 1.29 is 9.18 Å². The third-order valence-electron chi connectivity index (χ3n) is 4.42. The van der Waals surface area contributed by atoms with Gasteiger partial charge in [0.2, 0.25) is 5.91 Å². The maximum Gasteiger partial charge on any atom is 0.238 e. The molecule has 2 aromatic carbocycles. The summed E-state index contributed by atoms with van der Waals surface area (Å²) in [7, 11) is 0. The normalized spacial score (nSPS) is 15.8. The molecule has 7 heteroatoms. The first-order valence-electron chi connectivity index (χ1n) is 8.45. The Kier molecular flexibility index (Phi) is 6.48. The molecule has 0 unspecified atom stereocenters. The zero-order valence-corrected chi connectivity index (χ0v) is 15.7. The van der Waals surface area contributed by atoms with Crippen LogP contribution in [-0.4, -0.2) is 48.4 Å². The minimum absolute atomic E-state index is 0.210. The molecular formula is C19H20Cl2FN3O. The second-order valence-electron chi connectivity index (χ2n) is 6.28. The summed E-state index contributed by atoms with van der Waals surface area (Å²) < 4.78 is 13.6. The van der Waals surface area contributed by atoms with Gasteiger partial charge in [-0.3, -0.25) is 14.6 Å². The molecule has 0 radical (unpaired) electrons. The van der Waals surface area contributed by atoms with Crippen molar-refractivity contribution in [3.8, 4) is 0 Å². The van der Waals surface area contributed by atoms with Crippen LogP contribution in [0.1, 0.15) is 5.56 Å². The van der Waals surface area contributed by atoms with E-state index in [1.807, 2.05) is 18.2 Å². The lowest BCUT2D eigenvalue weighted by Gasteiger charge is -2.34. The molecule has 1 aliphatic rings. The highest BCUT2D eigenvalue weighted by Crippen LogP contribution is 2.26. The molecule has 26 heavy (non-hydrogen) atoms. The number of piperazine rings is 1. The Morgan fingerprint density at radius 2 is 1.58 bits per heavy atom. The smallest absolute Gasteiger partial charge is 0.238 e. The zero-order chi connectivity index (χ0) is 18.5. The number of para-hydroxylation sites is 1. The van der Waals surface area contributed by atoms with Gasteiger partial charge in [-0.15, -0.1) is 0 Å². The number of nitrogens with one attached hydrogen (secondary N) is 1. The second-order valence-corrected chi connectivity index (χ2v) is 7.09.